The van der Waals surface area contributed by atoms with Gasteiger partial charge in [-0.2, -0.15) is 0 Å². The minimum atomic E-state index is -3.59. The van der Waals surface area contributed by atoms with E-state index < -0.39 is 10.0 Å². The summed E-state index contributed by atoms with van der Waals surface area (Å²) in [6.07, 6.45) is 1.97. The van der Waals surface area contributed by atoms with Gasteiger partial charge in [-0.25, -0.2) is 8.42 Å². The molecule has 0 fully saturated rings. The number of hydrogen-bond acceptors (Lipinski definition) is 4. The van der Waals surface area contributed by atoms with Crippen LogP contribution < -0.4 is 10.0 Å². The van der Waals surface area contributed by atoms with Crippen molar-refractivity contribution >= 4 is 33.2 Å². The van der Waals surface area contributed by atoms with Gasteiger partial charge in [-0.05, 0) is 42.7 Å². The van der Waals surface area contributed by atoms with E-state index in [0.717, 1.165) is 4.90 Å². The van der Waals surface area contributed by atoms with Crippen LogP contribution in [0.2, 0.25) is 0 Å². The third-order valence-corrected chi connectivity index (χ3v) is 4.97. The average molecular weight is 308 g/mol. The van der Waals surface area contributed by atoms with E-state index in [-0.39, 0.29) is 4.90 Å². The van der Waals surface area contributed by atoms with E-state index in [2.05, 4.69) is 10.0 Å². The first kappa shape index (κ1) is 14.7. The first-order valence-electron chi connectivity index (χ1n) is 6.00. The number of benzene rings is 2. The van der Waals surface area contributed by atoms with Crippen LogP contribution in [0.3, 0.4) is 0 Å². The summed E-state index contributed by atoms with van der Waals surface area (Å²) in [7, 11) is -1.90. The molecule has 2 N–H and O–H groups in total. The lowest BCUT2D eigenvalue weighted by Gasteiger charge is -2.12. The van der Waals surface area contributed by atoms with E-state index in [9.17, 15) is 8.42 Å². The molecule has 2 rings (SSSR count). The quantitative estimate of drug-likeness (QED) is 0.833. The van der Waals surface area contributed by atoms with Crippen LogP contribution in [0, 0.1) is 0 Å². The molecule has 0 amide bonds. The number of anilines is 2. The lowest BCUT2D eigenvalue weighted by molar-refractivity contribution is 0.601. The highest BCUT2D eigenvalue weighted by molar-refractivity contribution is 7.98. The molecule has 0 aromatic heterocycles. The zero-order valence-corrected chi connectivity index (χ0v) is 12.9. The summed E-state index contributed by atoms with van der Waals surface area (Å²) >= 11 is 1.61. The summed E-state index contributed by atoms with van der Waals surface area (Å²) in [6, 6.07) is 14.1. The molecule has 0 radical (unpaired) electrons. The Morgan fingerprint density at radius 3 is 2.25 bits per heavy atom. The number of para-hydroxylation sites is 1. The van der Waals surface area contributed by atoms with Crippen LogP contribution in [0.5, 0.6) is 0 Å². The molecule has 0 heterocycles. The standard InChI is InChI=1S/C14H16N2O2S2/c1-15-13-5-3-4-6-14(13)20(17,18)16-11-7-9-12(19-2)10-8-11/h3-10,15-16H,1-2H3. The molecule has 6 heteroatoms. The number of rotatable bonds is 5. The molecule has 0 aliphatic rings. The molecule has 0 spiro atoms. The van der Waals surface area contributed by atoms with Crippen LogP contribution in [0.1, 0.15) is 0 Å². The summed E-state index contributed by atoms with van der Waals surface area (Å²) in [5, 5.41) is 2.88. The lowest BCUT2D eigenvalue weighted by atomic mass is 10.3. The van der Waals surface area contributed by atoms with Crippen LogP contribution in [-0.4, -0.2) is 21.7 Å². The number of nitrogens with one attached hydrogen (secondary N) is 2. The van der Waals surface area contributed by atoms with Crippen molar-refractivity contribution < 1.29 is 8.42 Å². The monoisotopic (exact) mass is 308 g/mol. The topological polar surface area (TPSA) is 58.2 Å². The fraction of sp³-hybridized carbons (Fsp3) is 0.143. The summed E-state index contributed by atoms with van der Waals surface area (Å²) in [4.78, 5) is 1.32. The first-order chi connectivity index (χ1) is 9.56. The van der Waals surface area contributed by atoms with Crippen LogP contribution in [0.4, 0.5) is 11.4 Å². The van der Waals surface area contributed by atoms with Gasteiger partial charge >= 0.3 is 0 Å². The molecule has 4 nitrogen and oxygen atoms in total. The van der Waals surface area contributed by atoms with E-state index in [1.54, 1.807) is 55.2 Å². The Morgan fingerprint density at radius 1 is 1.00 bits per heavy atom. The maximum atomic E-state index is 12.4. The molecule has 0 saturated carbocycles. The van der Waals surface area contributed by atoms with E-state index in [1.807, 2.05) is 18.4 Å². The maximum Gasteiger partial charge on any atom is 0.263 e. The lowest BCUT2D eigenvalue weighted by Crippen LogP contribution is -2.14. The zero-order valence-electron chi connectivity index (χ0n) is 11.3. The van der Waals surface area contributed by atoms with Gasteiger partial charge in [0.1, 0.15) is 4.90 Å². The largest absolute Gasteiger partial charge is 0.387 e. The summed E-state index contributed by atoms with van der Waals surface area (Å²) in [5.41, 5.74) is 1.12. The smallest absolute Gasteiger partial charge is 0.263 e. The summed E-state index contributed by atoms with van der Waals surface area (Å²) in [6.45, 7) is 0. The van der Waals surface area contributed by atoms with Gasteiger partial charge in [-0.3, -0.25) is 4.72 Å². The van der Waals surface area contributed by atoms with E-state index in [0.29, 0.717) is 11.4 Å². The summed E-state index contributed by atoms with van der Waals surface area (Å²) < 4.78 is 27.3. The van der Waals surface area contributed by atoms with Crippen LogP contribution >= 0.6 is 11.8 Å². The Kier molecular flexibility index (Phi) is 4.57. The van der Waals surface area contributed by atoms with Gasteiger partial charge in [0.05, 0.1) is 5.69 Å². The van der Waals surface area contributed by atoms with Gasteiger partial charge < -0.3 is 5.32 Å². The predicted octanol–water partition coefficient (Wildman–Crippen LogP) is 3.25. The molecular weight excluding hydrogens is 292 g/mol. The van der Waals surface area contributed by atoms with Gasteiger partial charge in [0.2, 0.25) is 0 Å². The molecule has 0 bridgehead atoms. The van der Waals surface area contributed by atoms with Crippen LogP contribution in [0.25, 0.3) is 0 Å². The molecule has 20 heavy (non-hydrogen) atoms. The third-order valence-electron chi connectivity index (χ3n) is 2.79. The van der Waals surface area contributed by atoms with Gasteiger partial charge in [-0.15, -0.1) is 11.8 Å². The Hall–Kier alpha value is -1.66. The van der Waals surface area contributed by atoms with Crippen molar-refractivity contribution in [1.29, 1.82) is 0 Å². The fourth-order valence-electron chi connectivity index (χ4n) is 1.78. The zero-order chi connectivity index (χ0) is 14.6. The molecule has 2 aromatic rings. The van der Waals surface area contributed by atoms with Gasteiger partial charge in [-0.1, -0.05) is 12.1 Å². The minimum Gasteiger partial charge on any atom is -0.387 e. The number of sulfonamides is 1. The normalized spacial score (nSPS) is 11.1. The third kappa shape index (κ3) is 3.26. The van der Waals surface area contributed by atoms with Crippen LogP contribution in [0.15, 0.2) is 58.3 Å². The Bertz CT molecular complexity index is 683. The SMILES string of the molecule is CNc1ccccc1S(=O)(=O)Nc1ccc(SC)cc1. The number of hydrogen-bond donors (Lipinski definition) is 2. The second-order valence-corrected chi connectivity index (χ2v) is 6.61. The van der Waals surface area contributed by atoms with Crippen molar-refractivity contribution in [2.45, 2.75) is 9.79 Å². The Balaban J connectivity index is 2.30. The van der Waals surface area contributed by atoms with Crippen molar-refractivity contribution in [3.8, 4) is 0 Å². The van der Waals surface area contributed by atoms with Crippen molar-refractivity contribution in [2.24, 2.45) is 0 Å². The molecule has 106 valence electrons. The summed E-state index contributed by atoms with van der Waals surface area (Å²) in [5.74, 6) is 0. The van der Waals surface area contributed by atoms with Crippen molar-refractivity contribution in [2.75, 3.05) is 23.3 Å². The minimum absolute atomic E-state index is 0.233. The molecular formula is C14H16N2O2S2. The first-order valence-corrected chi connectivity index (χ1v) is 8.71. The molecule has 0 aliphatic heterocycles. The second-order valence-electron chi connectivity index (χ2n) is 4.08. The van der Waals surface area contributed by atoms with Crippen molar-refractivity contribution in [3.05, 3.63) is 48.5 Å². The Labute approximate surface area is 123 Å². The fourth-order valence-corrected chi connectivity index (χ4v) is 3.46. The highest BCUT2D eigenvalue weighted by atomic mass is 32.2. The van der Waals surface area contributed by atoms with E-state index >= 15 is 0 Å². The molecule has 0 atom stereocenters. The molecule has 2 aromatic carbocycles. The van der Waals surface area contributed by atoms with Gasteiger partial charge in [0, 0.05) is 17.6 Å². The number of thioether (sulfide) groups is 1. The predicted molar refractivity (Wildman–Crippen MR) is 85.0 cm³/mol. The highest BCUT2D eigenvalue weighted by Gasteiger charge is 2.17. The van der Waals surface area contributed by atoms with Crippen LogP contribution in [-0.2, 0) is 10.0 Å². The molecule has 0 unspecified atom stereocenters. The average Bonchev–Trinajstić information content (AvgIpc) is 2.47. The maximum absolute atomic E-state index is 12.4. The highest BCUT2D eigenvalue weighted by Crippen LogP contribution is 2.24. The molecule has 0 saturated heterocycles. The Morgan fingerprint density at radius 2 is 1.65 bits per heavy atom. The van der Waals surface area contributed by atoms with E-state index in [1.165, 1.54) is 0 Å². The van der Waals surface area contributed by atoms with Crippen molar-refractivity contribution in [1.82, 2.24) is 0 Å². The molecule has 0 aliphatic carbocycles. The van der Waals surface area contributed by atoms with Gasteiger partial charge in [0.25, 0.3) is 10.0 Å². The van der Waals surface area contributed by atoms with Crippen molar-refractivity contribution in [3.63, 3.8) is 0 Å². The second kappa shape index (κ2) is 6.19. The van der Waals surface area contributed by atoms with Gasteiger partial charge in [0.15, 0.2) is 0 Å². The van der Waals surface area contributed by atoms with E-state index in [4.69, 9.17) is 0 Å².